The van der Waals surface area contributed by atoms with E-state index in [9.17, 15) is 0 Å². The predicted octanol–water partition coefficient (Wildman–Crippen LogP) is 0.706. The van der Waals surface area contributed by atoms with Crippen LogP contribution >= 0.6 is 0 Å². The van der Waals surface area contributed by atoms with Gasteiger partial charge in [-0.2, -0.15) is 0 Å². The van der Waals surface area contributed by atoms with Crippen LogP contribution in [0.3, 0.4) is 0 Å². The number of aromatic nitrogens is 1. The van der Waals surface area contributed by atoms with Gasteiger partial charge in [-0.25, -0.2) is 4.98 Å². The van der Waals surface area contributed by atoms with Gasteiger partial charge < -0.3 is 10.8 Å². The van der Waals surface area contributed by atoms with E-state index >= 15 is 0 Å². The normalized spacial score (nSPS) is 9.08. The number of pyridine rings is 1. The number of nitrogen functional groups attached to an aromatic ring is 1. The van der Waals surface area contributed by atoms with E-state index in [0.29, 0.717) is 12.2 Å². The molecule has 0 saturated carbocycles. The van der Waals surface area contributed by atoms with E-state index in [1.807, 2.05) is 13.0 Å². The molecule has 13 heavy (non-hydrogen) atoms. The zero-order chi connectivity index (χ0) is 9.68. The van der Waals surface area contributed by atoms with E-state index in [4.69, 9.17) is 10.8 Å². The average Bonchev–Trinajstić information content (AvgIpc) is 2.09. The molecule has 68 valence electrons. The third-order valence-electron chi connectivity index (χ3n) is 1.57. The van der Waals surface area contributed by atoms with Crippen molar-refractivity contribution in [2.24, 2.45) is 0 Å². The third-order valence-corrected chi connectivity index (χ3v) is 1.57. The predicted molar refractivity (Wildman–Crippen MR) is 52.0 cm³/mol. The first-order chi connectivity index (χ1) is 6.24. The van der Waals surface area contributed by atoms with Crippen molar-refractivity contribution in [1.29, 1.82) is 0 Å². The lowest BCUT2D eigenvalue weighted by atomic mass is 10.2. The number of rotatable bonds is 1. The summed E-state index contributed by atoms with van der Waals surface area (Å²) in [6.45, 7) is 1.95. The Hall–Kier alpha value is -1.53. The van der Waals surface area contributed by atoms with Gasteiger partial charge in [-0.05, 0) is 19.1 Å². The van der Waals surface area contributed by atoms with Crippen LogP contribution in [0.1, 0.15) is 17.7 Å². The van der Waals surface area contributed by atoms with Crippen LogP contribution in [0.2, 0.25) is 0 Å². The van der Waals surface area contributed by atoms with Crippen molar-refractivity contribution in [2.45, 2.75) is 13.3 Å². The molecule has 0 atom stereocenters. The molecular weight excluding hydrogens is 164 g/mol. The highest BCUT2D eigenvalue weighted by Crippen LogP contribution is 2.05. The van der Waals surface area contributed by atoms with Crippen LogP contribution in [0.4, 0.5) is 5.82 Å². The highest BCUT2D eigenvalue weighted by atomic mass is 16.2. The van der Waals surface area contributed by atoms with E-state index in [1.165, 1.54) is 0 Å². The van der Waals surface area contributed by atoms with E-state index in [1.54, 1.807) is 6.07 Å². The Labute approximate surface area is 77.6 Å². The van der Waals surface area contributed by atoms with Gasteiger partial charge in [-0.1, -0.05) is 11.8 Å². The van der Waals surface area contributed by atoms with E-state index in [0.717, 1.165) is 11.3 Å². The van der Waals surface area contributed by atoms with Crippen LogP contribution in [-0.4, -0.2) is 16.7 Å². The first kappa shape index (κ1) is 9.56. The van der Waals surface area contributed by atoms with Gasteiger partial charge in [0.15, 0.2) is 0 Å². The number of anilines is 1. The second-order valence-corrected chi connectivity index (χ2v) is 2.64. The Morgan fingerprint density at radius 1 is 1.54 bits per heavy atom. The second kappa shape index (κ2) is 4.48. The molecule has 0 radical (unpaired) electrons. The molecule has 3 heteroatoms. The Morgan fingerprint density at radius 3 is 2.92 bits per heavy atom. The topological polar surface area (TPSA) is 59.1 Å². The second-order valence-electron chi connectivity index (χ2n) is 2.64. The lowest BCUT2D eigenvalue weighted by Gasteiger charge is -1.97. The zero-order valence-electron chi connectivity index (χ0n) is 7.54. The summed E-state index contributed by atoms with van der Waals surface area (Å²) in [5.41, 5.74) is 7.17. The van der Waals surface area contributed by atoms with E-state index in [-0.39, 0.29) is 6.61 Å². The lowest BCUT2D eigenvalue weighted by molar-refractivity contribution is 0.305. The Balaban J connectivity index is 2.85. The third kappa shape index (κ3) is 2.77. The number of hydrogen-bond acceptors (Lipinski definition) is 3. The summed E-state index contributed by atoms with van der Waals surface area (Å²) in [4.78, 5) is 4.07. The fourth-order valence-corrected chi connectivity index (χ4v) is 0.926. The van der Waals surface area contributed by atoms with E-state index in [2.05, 4.69) is 16.8 Å². The molecular formula is C10H12N2O. The smallest absolute Gasteiger partial charge is 0.123 e. The number of aliphatic hydroxyl groups is 1. The van der Waals surface area contributed by atoms with Gasteiger partial charge in [-0.3, -0.25) is 0 Å². The number of nitrogens with zero attached hydrogens (tertiary/aromatic N) is 1. The van der Waals surface area contributed by atoms with Crippen LogP contribution in [-0.2, 0) is 0 Å². The van der Waals surface area contributed by atoms with Gasteiger partial charge >= 0.3 is 0 Å². The van der Waals surface area contributed by atoms with Gasteiger partial charge in [0.2, 0.25) is 0 Å². The molecule has 0 aliphatic heterocycles. The largest absolute Gasteiger partial charge is 0.395 e. The summed E-state index contributed by atoms with van der Waals surface area (Å²) in [5.74, 6) is 6.25. The minimum atomic E-state index is 0.0917. The number of hydrogen-bond donors (Lipinski definition) is 2. The standard InChI is InChI=1S/C10H12N2O/c1-8-9(4-2-3-7-13)5-6-10(11)12-8/h5-6,13H,3,7H2,1H3,(H2,11,12). The summed E-state index contributed by atoms with van der Waals surface area (Å²) in [7, 11) is 0. The number of nitrogens with two attached hydrogens (primary N) is 1. The van der Waals surface area contributed by atoms with Gasteiger partial charge in [0, 0.05) is 12.0 Å². The quantitative estimate of drug-likeness (QED) is 0.619. The molecule has 0 bridgehead atoms. The van der Waals surface area contributed by atoms with Crippen molar-refractivity contribution in [3.05, 3.63) is 23.4 Å². The summed E-state index contributed by atoms with van der Waals surface area (Å²) in [6, 6.07) is 3.55. The van der Waals surface area contributed by atoms with Gasteiger partial charge in [-0.15, -0.1) is 0 Å². The molecule has 0 amide bonds. The maximum absolute atomic E-state index is 8.52. The van der Waals surface area contributed by atoms with Crippen molar-refractivity contribution in [2.75, 3.05) is 12.3 Å². The minimum absolute atomic E-state index is 0.0917. The molecule has 1 aromatic heterocycles. The zero-order valence-corrected chi connectivity index (χ0v) is 7.54. The molecule has 1 rings (SSSR count). The summed E-state index contributed by atoms with van der Waals surface area (Å²) in [5, 5.41) is 8.52. The lowest BCUT2D eigenvalue weighted by Crippen LogP contribution is -1.94. The molecule has 1 heterocycles. The van der Waals surface area contributed by atoms with Crippen LogP contribution in [0, 0.1) is 18.8 Å². The molecule has 0 saturated heterocycles. The molecule has 0 unspecified atom stereocenters. The molecule has 0 aliphatic carbocycles. The molecule has 0 fully saturated rings. The first-order valence-electron chi connectivity index (χ1n) is 4.07. The fraction of sp³-hybridized carbons (Fsp3) is 0.300. The number of aryl methyl sites for hydroxylation is 1. The van der Waals surface area contributed by atoms with Crippen LogP contribution < -0.4 is 5.73 Å². The van der Waals surface area contributed by atoms with Crippen molar-refractivity contribution in [1.82, 2.24) is 4.98 Å². The Kier molecular flexibility index (Phi) is 3.30. The summed E-state index contributed by atoms with van der Waals surface area (Å²) in [6.07, 6.45) is 0.490. The van der Waals surface area contributed by atoms with Gasteiger partial charge in [0.05, 0.1) is 12.3 Å². The molecule has 3 N–H and O–H groups in total. The average molecular weight is 176 g/mol. The molecule has 0 spiro atoms. The highest BCUT2D eigenvalue weighted by Gasteiger charge is 1.95. The fourth-order valence-electron chi connectivity index (χ4n) is 0.926. The first-order valence-corrected chi connectivity index (χ1v) is 4.07. The van der Waals surface area contributed by atoms with Crippen molar-refractivity contribution >= 4 is 5.82 Å². The van der Waals surface area contributed by atoms with Gasteiger partial charge in [0.1, 0.15) is 5.82 Å². The van der Waals surface area contributed by atoms with Crippen LogP contribution in [0.25, 0.3) is 0 Å². The Bertz CT molecular complexity index is 350. The maximum atomic E-state index is 8.52. The minimum Gasteiger partial charge on any atom is -0.395 e. The highest BCUT2D eigenvalue weighted by molar-refractivity contribution is 5.42. The number of aliphatic hydroxyl groups excluding tert-OH is 1. The van der Waals surface area contributed by atoms with Crippen molar-refractivity contribution in [3.8, 4) is 11.8 Å². The summed E-state index contributed by atoms with van der Waals surface area (Å²) >= 11 is 0. The van der Waals surface area contributed by atoms with Crippen LogP contribution in [0.15, 0.2) is 12.1 Å². The monoisotopic (exact) mass is 176 g/mol. The maximum Gasteiger partial charge on any atom is 0.123 e. The Morgan fingerprint density at radius 2 is 2.31 bits per heavy atom. The van der Waals surface area contributed by atoms with E-state index < -0.39 is 0 Å². The molecule has 1 aromatic rings. The van der Waals surface area contributed by atoms with Crippen molar-refractivity contribution < 1.29 is 5.11 Å². The molecule has 3 nitrogen and oxygen atoms in total. The van der Waals surface area contributed by atoms with Crippen molar-refractivity contribution in [3.63, 3.8) is 0 Å². The summed E-state index contributed by atoms with van der Waals surface area (Å²) < 4.78 is 0. The molecule has 0 aromatic carbocycles. The van der Waals surface area contributed by atoms with Gasteiger partial charge in [0.25, 0.3) is 0 Å². The molecule has 0 aliphatic rings. The SMILES string of the molecule is Cc1nc(N)ccc1C#CCCO. The van der Waals surface area contributed by atoms with Crippen LogP contribution in [0.5, 0.6) is 0 Å².